The molecule has 3 heteroatoms. The van der Waals surface area contributed by atoms with Gasteiger partial charge in [0.1, 0.15) is 0 Å². The van der Waals surface area contributed by atoms with Crippen molar-refractivity contribution in [1.29, 1.82) is 0 Å². The van der Waals surface area contributed by atoms with Gasteiger partial charge in [0.05, 0.1) is 13.2 Å². The summed E-state index contributed by atoms with van der Waals surface area (Å²) in [6.07, 6.45) is 0.753. The zero-order valence-corrected chi connectivity index (χ0v) is 4.37. The second-order valence-electron chi connectivity index (χ2n) is 1.47. The van der Waals surface area contributed by atoms with E-state index in [1.54, 1.807) is 6.61 Å². The largest absolute Gasteiger partial charge is 0.346 e. The molecule has 1 aliphatic rings. The first kappa shape index (κ1) is 5.72. The Morgan fingerprint density at radius 1 is 1.75 bits per heavy atom. The molecule has 1 heterocycles. The van der Waals surface area contributed by atoms with E-state index in [1.807, 2.05) is 0 Å². The van der Waals surface area contributed by atoms with E-state index in [2.05, 4.69) is 0 Å². The van der Waals surface area contributed by atoms with Crippen LogP contribution in [-0.4, -0.2) is 19.2 Å². The van der Waals surface area contributed by atoms with E-state index in [-0.39, 0.29) is 0 Å². The van der Waals surface area contributed by atoms with Gasteiger partial charge in [-0.3, -0.25) is 4.79 Å². The van der Waals surface area contributed by atoms with Gasteiger partial charge in [-0.25, -0.2) is 0 Å². The van der Waals surface area contributed by atoms with Crippen LogP contribution in [0.5, 0.6) is 0 Å². The third-order valence-corrected chi connectivity index (χ3v) is 0.859. The summed E-state index contributed by atoms with van der Waals surface area (Å²) in [5.41, 5.74) is 0. The lowest BCUT2D eigenvalue weighted by molar-refractivity contribution is -0.162. The van der Waals surface area contributed by atoms with E-state index in [0.717, 1.165) is 6.42 Å². The Balaban J connectivity index is 2.22. The molecular weight excluding hydrogens is 108 g/mol. The summed E-state index contributed by atoms with van der Waals surface area (Å²) in [6.45, 7) is 2.17. The summed E-state index contributed by atoms with van der Waals surface area (Å²) in [4.78, 5) is 9.89. The molecule has 0 saturated carbocycles. The third-order valence-electron chi connectivity index (χ3n) is 0.859. The molecule has 1 radical (unpaired) electrons. The van der Waals surface area contributed by atoms with Crippen LogP contribution in [-0.2, 0) is 14.3 Å². The molecule has 0 aromatic carbocycles. The monoisotopic (exact) mass is 115 g/mol. The molecule has 0 bridgehead atoms. The Morgan fingerprint density at radius 3 is 3.00 bits per heavy atom. The van der Waals surface area contributed by atoms with Crippen molar-refractivity contribution in [2.45, 2.75) is 12.7 Å². The lowest BCUT2D eigenvalue weighted by atomic mass is 10.4. The molecule has 0 N–H and O–H groups in total. The molecular formula is C5H7O3. The maximum atomic E-state index is 9.89. The maximum Gasteiger partial charge on any atom is 0.215 e. The summed E-state index contributed by atoms with van der Waals surface area (Å²) >= 11 is 0. The Morgan fingerprint density at radius 2 is 2.62 bits per heavy atom. The number of hydrogen-bond acceptors (Lipinski definition) is 3. The number of carbonyl (C=O) groups is 1. The third kappa shape index (κ3) is 1.28. The molecule has 1 rings (SSSR count). The Labute approximate surface area is 47.6 Å². The molecule has 1 atom stereocenters. The summed E-state index contributed by atoms with van der Waals surface area (Å²) in [5.74, 6) is 0. The van der Waals surface area contributed by atoms with E-state index in [1.165, 1.54) is 0 Å². The summed E-state index contributed by atoms with van der Waals surface area (Å²) in [7, 11) is 0. The highest BCUT2D eigenvalue weighted by molar-refractivity contribution is 5.53. The molecule has 1 saturated heterocycles. The van der Waals surface area contributed by atoms with Crippen LogP contribution < -0.4 is 0 Å². The molecule has 1 fully saturated rings. The van der Waals surface area contributed by atoms with Crippen LogP contribution in [0.4, 0.5) is 0 Å². The Hall–Kier alpha value is -0.410. The van der Waals surface area contributed by atoms with Gasteiger partial charge in [-0.05, 0) is 6.42 Å². The van der Waals surface area contributed by atoms with Crippen molar-refractivity contribution >= 4 is 6.29 Å². The molecule has 1 aliphatic heterocycles. The number of aldehydes is 1. The van der Waals surface area contributed by atoms with Crippen molar-refractivity contribution in [3.63, 3.8) is 0 Å². The second kappa shape index (κ2) is 2.79. The molecule has 1 unspecified atom stereocenters. The van der Waals surface area contributed by atoms with Gasteiger partial charge in [0, 0.05) is 0 Å². The maximum absolute atomic E-state index is 9.89. The highest BCUT2D eigenvalue weighted by atomic mass is 16.7. The minimum Gasteiger partial charge on any atom is -0.346 e. The van der Waals surface area contributed by atoms with E-state index in [0.29, 0.717) is 12.9 Å². The zero-order valence-electron chi connectivity index (χ0n) is 4.37. The average molecular weight is 115 g/mol. The van der Waals surface area contributed by atoms with Crippen LogP contribution in [0.1, 0.15) is 6.42 Å². The van der Waals surface area contributed by atoms with Crippen LogP contribution in [0, 0.1) is 6.61 Å². The first-order valence-electron chi connectivity index (χ1n) is 2.47. The van der Waals surface area contributed by atoms with Crippen LogP contribution in [0.25, 0.3) is 0 Å². The van der Waals surface area contributed by atoms with E-state index >= 15 is 0 Å². The fraction of sp³-hybridized carbons (Fsp3) is 0.600. The van der Waals surface area contributed by atoms with Gasteiger partial charge < -0.3 is 9.47 Å². The van der Waals surface area contributed by atoms with E-state index in [4.69, 9.17) is 9.47 Å². The molecule has 0 aromatic rings. The fourth-order valence-electron chi connectivity index (χ4n) is 0.506. The van der Waals surface area contributed by atoms with E-state index in [9.17, 15) is 4.79 Å². The molecule has 0 amide bonds. The number of rotatable bonds is 1. The van der Waals surface area contributed by atoms with Crippen molar-refractivity contribution in [2.75, 3.05) is 6.61 Å². The molecule has 8 heavy (non-hydrogen) atoms. The van der Waals surface area contributed by atoms with Crippen LogP contribution in [0.2, 0.25) is 0 Å². The Bertz CT molecular complexity index is 75.7. The standard InChI is InChI=1S/C5H7O3/c6-4-5-7-2-1-3-8-5/h2,4-5H,1,3H2. The minimum absolute atomic E-state index is 0.587. The second-order valence-corrected chi connectivity index (χ2v) is 1.47. The summed E-state index contributed by atoms with van der Waals surface area (Å²) in [6, 6.07) is 0. The van der Waals surface area contributed by atoms with Crippen LogP contribution >= 0.6 is 0 Å². The first-order valence-corrected chi connectivity index (χ1v) is 2.47. The molecule has 0 aromatic heterocycles. The molecule has 0 aliphatic carbocycles. The van der Waals surface area contributed by atoms with Gasteiger partial charge in [-0.15, -0.1) is 0 Å². The van der Waals surface area contributed by atoms with Gasteiger partial charge >= 0.3 is 0 Å². The molecule has 45 valence electrons. The average Bonchev–Trinajstić information content (AvgIpc) is 1.90. The number of hydrogen-bond donors (Lipinski definition) is 0. The highest BCUT2D eigenvalue weighted by Gasteiger charge is 2.11. The van der Waals surface area contributed by atoms with Crippen molar-refractivity contribution in [2.24, 2.45) is 0 Å². The van der Waals surface area contributed by atoms with E-state index < -0.39 is 6.29 Å². The van der Waals surface area contributed by atoms with Gasteiger partial charge in [0.25, 0.3) is 0 Å². The predicted octanol–water partition coefficient (Wildman–Crippen LogP) is 0.110. The highest BCUT2D eigenvalue weighted by Crippen LogP contribution is 2.04. The molecule has 3 nitrogen and oxygen atoms in total. The van der Waals surface area contributed by atoms with Crippen molar-refractivity contribution in [3.8, 4) is 0 Å². The predicted molar refractivity (Wildman–Crippen MR) is 25.8 cm³/mol. The smallest absolute Gasteiger partial charge is 0.215 e. The van der Waals surface area contributed by atoms with Crippen LogP contribution in [0.3, 0.4) is 0 Å². The van der Waals surface area contributed by atoms with Crippen molar-refractivity contribution in [1.82, 2.24) is 0 Å². The zero-order chi connectivity index (χ0) is 5.82. The summed E-state index contributed by atoms with van der Waals surface area (Å²) in [5, 5.41) is 0. The first-order chi connectivity index (χ1) is 3.93. The number of ether oxygens (including phenoxy) is 2. The lowest BCUT2D eigenvalue weighted by Crippen LogP contribution is -2.22. The van der Waals surface area contributed by atoms with Gasteiger partial charge in [0.15, 0.2) is 6.29 Å². The Kier molecular flexibility index (Phi) is 2.00. The van der Waals surface area contributed by atoms with Gasteiger partial charge in [-0.1, -0.05) is 0 Å². The number of carbonyl (C=O) groups excluding carboxylic acids is 1. The van der Waals surface area contributed by atoms with Gasteiger partial charge in [-0.2, -0.15) is 0 Å². The fourth-order valence-corrected chi connectivity index (χ4v) is 0.506. The van der Waals surface area contributed by atoms with Gasteiger partial charge in [0.2, 0.25) is 6.29 Å². The quantitative estimate of drug-likeness (QED) is 0.455. The topological polar surface area (TPSA) is 35.5 Å². The van der Waals surface area contributed by atoms with Crippen molar-refractivity contribution in [3.05, 3.63) is 6.61 Å². The SMILES string of the molecule is O=CC1O[CH]CCO1. The minimum atomic E-state index is -0.649. The normalized spacial score (nSPS) is 23.0. The summed E-state index contributed by atoms with van der Waals surface area (Å²) < 4.78 is 9.52. The lowest BCUT2D eigenvalue weighted by Gasteiger charge is -2.16. The molecule has 0 spiro atoms. The van der Waals surface area contributed by atoms with Crippen molar-refractivity contribution < 1.29 is 14.3 Å². The van der Waals surface area contributed by atoms with Crippen LogP contribution in [0.15, 0.2) is 0 Å².